The van der Waals surface area contributed by atoms with Crippen molar-refractivity contribution in [2.75, 3.05) is 13.1 Å². The van der Waals surface area contributed by atoms with Crippen LogP contribution in [0, 0.1) is 0 Å². The van der Waals surface area contributed by atoms with E-state index in [2.05, 4.69) is 10.1 Å². The van der Waals surface area contributed by atoms with Gasteiger partial charge < -0.3 is 15.2 Å². The fourth-order valence-corrected chi connectivity index (χ4v) is 2.81. The first-order chi connectivity index (χ1) is 11.7. The highest BCUT2D eigenvalue weighted by molar-refractivity contribution is 5.80. The number of halogens is 3. The monoisotopic (exact) mass is 360 g/mol. The fraction of sp³-hybridized carbons (Fsp3) is 0.500. The summed E-state index contributed by atoms with van der Waals surface area (Å²) in [5, 5.41) is 11.8. The zero-order valence-corrected chi connectivity index (χ0v) is 13.5. The van der Waals surface area contributed by atoms with Gasteiger partial charge in [0.25, 0.3) is 0 Å². The molecule has 1 saturated heterocycles. The molecule has 2 N–H and O–H groups in total. The van der Waals surface area contributed by atoms with E-state index in [1.807, 2.05) is 0 Å². The lowest BCUT2D eigenvalue weighted by atomic mass is 10.1. The lowest BCUT2D eigenvalue weighted by Crippen LogP contribution is -2.43. The van der Waals surface area contributed by atoms with Gasteiger partial charge in [-0.1, -0.05) is 12.1 Å². The summed E-state index contributed by atoms with van der Waals surface area (Å²) in [6.45, 7) is 2.20. The van der Waals surface area contributed by atoms with Crippen LogP contribution in [0.15, 0.2) is 24.3 Å². The molecule has 0 spiro atoms. The van der Waals surface area contributed by atoms with Gasteiger partial charge in [0.2, 0.25) is 5.91 Å². The van der Waals surface area contributed by atoms with Crippen molar-refractivity contribution < 1.29 is 32.6 Å². The summed E-state index contributed by atoms with van der Waals surface area (Å²) in [7, 11) is 0. The lowest BCUT2D eigenvalue weighted by molar-refractivity contribution is -0.274. The maximum absolute atomic E-state index is 12.1. The summed E-state index contributed by atoms with van der Waals surface area (Å²) in [6.07, 6.45) is -3.52. The molecule has 1 amide bonds. The Morgan fingerprint density at radius 2 is 2.00 bits per heavy atom. The Bertz CT molecular complexity index is 619. The molecule has 1 aliphatic rings. The molecule has 0 aromatic heterocycles. The molecule has 0 bridgehead atoms. The minimum atomic E-state index is -4.75. The molecule has 1 aliphatic heterocycles. The van der Waals surface area contributed by atoms with Gasteiger partial charge in [0.1, 0.15) is 11.8 Å². The molecule has 6 nitrogen and oxygen atoms in total. The zero-order chi connectivity index (χ0) is 18.6. The highest BCUT2D eigenvalue weighted by atomic mass is 19.4. The molecule has 0 saturated carbocycles. The van der Waals surface area contributed by atoms with Crippen LogP contribution in [0.25, 0.3) is 0 Å². The molecule has 1 aromatic carbocycles. The number of amides is 1. The number of nitrogens with one attached hydrogen (secondary N) is 1. The van der Waals surface area contributed by atoms with E-state index in [9.17, 15) is 22.8 Å². The Kier molecular flexibility index (Phi) is 5.89. The van der Waals surface area contributed by atoms with Gasteiger partial charge in [-0.25, -0.2) is 0 Å². The minimum absolute atomic E-state index is 0.0312. The van der Waals surface area contributed by atoms with E-state index >= 15 is 0 Å². The minimum Gasteiger partial charge on any atom is -0.480 e. The van der Waals surface area contributed by atoms with E-state index in [-0.39, 0.29) is 18.2 Å². The van der Waals surface area contributed by atoms with Crippen molar-refractivity contribution in [2.45, 2.75) is 38.2 Å². The largest absolute Gasteiger partial charge is 0.573 e. The Labute approximate surface area is 142 Å². The first-order valence-corrected chi connectivity index (χ1v) is 7.77. The van der Waals surface area contributed by atoms with Crippen LogP contribution < -0.4 is 10.1 Å². The maximum atomic E-state index is 12.1. The third-order valence-corrected chi connectivity index (χ3v) is 3.99. The summed E-state index contributed by atoms with van der Waals surface area (Å²) in [5.74, 6) is -1.62. The Balaban J connectivity index is 1.89. The Morgan fingerprint density at radius 3 is 2.56 bits per heavy atom. The van der Waals surface area contributed by atoms with Crippen molar-refractivity contribution in [3.63, 3.8) is 0 Å². The second-order valence-corrected chi connectivity index (χ2v) is 5.87. The molecular formula is C16H19F3N2O4. The fourth-order valence-electron chi connectivity index (χ4n) is 2.81. The van der Waals surface area contributed by atoms with Crippen molar-refractivity contribution in [1.29, 1.82) is 0 Å². The summed E-state index contributed by atoms with van der Waals surface area (Å²) < 4.78 is 40.2. The van der Waals surface area contributed by atoms with Crippen LogP contribution in [0.5, 0.6) is 5.75 Å². The second kappa shape index (κ2) is 7.73. The van der Waals surface area contributed by atoms with Gasteiger partial charge in [0, 0.05) is 0 Å². The standard InChI is InChI=1S/C16H19F3N2O4/c1-10(11-4-6-12(7-5-11)25-16(17,18)19)20-14(22)9-21-8-2-3-13(21)15(23)24/h4-7,10,13H,2-3,8-9H2,1H3,(H,20,22)(H,23,24)/t10?,13-/m0/s1. The number of benzene rings is 1. The summed E-state index contributed by atoms with van der Waals surface area (Å²) in [4.78, 5) is 24.8. The summed E-state index contributed by atoms with van der Waals surface area (Å²) >= 11 is 0. The Morgan fingerprint density at radius 1 is 1.36 bits per heavy atom. The van der Waals surface area contributed by atoms with Gasteiger partial charge in [0.15, 0.2) is 0 Å². The number of carboxylic acids is 1. The topological polar surface area (TPSA) is 78.9 Å². The number of hydrogen-bond acceptors (Lipinski definition) is 4. The quantitative estimate of drug-likeness (QED) is 0.814. The normalized spacial score (nSPS) is 19.4. The number of carboxylic acid groups (broad SMARTS) is 1. The molecule has 138 valence electrons. The highest BCUT2D eigenvalue weighted by Crippen LogP contribution is 2.24. The van der Waals surface area contributed by atoms with Gasteiger partial charge in [-0.05, 0) is 44.0 Å². The number of carbonyl (C=O) groups excluding carboxylic acids is 1. The highest BCUT2D eigenvalue weighted by Gasteiger charge is 2.32. The zero-order valence-electron chi connectivity index (χ0n) is 13.5. The van der Waals surface area contributed by atoms with E-state index in [0.717, 1.165) is 6.42 Å². The molecule has 1 unspecified atom stereocenters. The van der Waals surface area contributed by atoms with Gasteiger partial charge in [-0.3, -0.25) is 14.5 Å². The van der Waals surface area contributed by atoms with E-state index in [1.165, 1.54) is 24.3 Å². The maximum Gasteiger partial charge on any atom is 0.573 e. The van der Waals surface area contributed by atoms with Crippen molar-refractivity contribution >= 4 is 11.9 Å². The average molecular weight is 360 g/mol. The van der Waals surface area contributed by atoms with E-state index in [4.69, 9.17) is 5.11 Å². The van der Waals surface area contributed by atoms with E-state index in [0.29, 0.717) is 18.5 Å². The summed E-state index contributed by atoms with van der Waals surface area (Å²) in [6, 6.07) is 4.13. The van der Waals surface area contributed by atoms with Crippen LogP contribution in [0.1, 0.15) is 31.4 Å². The average Bonchev–Trinajstić information content (AvgIpc) is 2.94. The predicted octanol–water partition coefficient (Wildman–Crippen LogP) is 2.31. The molecular weight excluding hydrogens is 341 g/mol. The summed E-state index contributed by atoms with van der Waals surface area (Å²) in [5.41, 5.74) is 0.610. The van der Waals surface area contributed by atoms with Crippen LogP contribution >= 0.6 is 0 Å². The van der Waals surface area contributed by atoms with Crippen LogP contribution in [0.4, 0.5) is 13.2 Å². The van der Waals surface area contributed by atoms with E-state index < -0.39 is 24.4 Å². The van der Waals surface area contributed by atoms with Crippen molar-refractivity contribution in [2.24, 2.45) is 0 Å². The van der Waals surface area contributed by atoms with Crippen LogP contribution in [-0.4, -0.2) is 47.4 Å². The van der Waals surface area contributed by atoms with Gasteiger partial charge in [0.05, 0.1) is 12.6 Å². The molecule has 2 rings (SSSR count). The van der Waals surface area contributed by atoms with Crippen molar-refractivity contribution in [3.05, 3.63) is 29.8 Å². The van der Waals surface area contributed by atoms with E-state index in [1.54, 1.807) is 11.8 Å². The number of hydrogen-bond donors (Lipinski definition) is 2. The number of likely N-dealkylation sites (tertiary alicyclic amines) is 1. The smallest absolute Gasteiger partial charge is 0.480 e. The predicted molar refractivity (Wildman–Crippen MR) is 81.9 cm³/mol. The molecule has 0 radical (unpaired) electrons. The molecule has 2 atom stereocenters. The SMILES string of the molecule is CC(NC(=O)CN1CCC[C@H]1C(=O)O)c1ccc(OC(F)(F)F)cc1. The lowest BCUT2D eigenvalue weighted by Gasteiger charge is -2.22. The second-order valence-electron chi connectivity index (χ2n) is 5.87. The molecule has 9 heteroatoms. The van der Waals surface area contributed by atoms with Gasteiger partial charge in [-0.15, -0.1) is 13.2 Å². The Hall–Kier alpha value is -2.29. The molecule has 25 heavy (non-hydrogen) atoms. The molecule has 1 heterocycles. The number of rotatable bonds is 6. The molecule has 0 aliphatic carbocycles. The third kappa shape index (κ3) is 5.63. The van der Waals surface area contributed by atoms with Gasteiger partial charge in [-0.2, -0.15) is 0 Å². The molecule has 1 aromatic rings. The number of ether oxygens (including phenoxy) is 1. The van der Waals surface area contributed by atoms with Crippen molar-refractivity contribution in [1.82, 2.24) is 10.2 Å². The number of aliphatic carboxylic acids is 1. The number of carbonyl (C=O) groups is 2. The van der Waals surface area contributed by atoms with Crippen LogP contribution in [0.3, 0.4) is 0 Å². The van der Waals surface area contributed by atoms with Crippen LogP contribution in [-0.2, 0) is 9.59 Å². The number of alkyl halides is 3. The van der Waals surface area contributed by atoms with Gasteiger partial charge >= 0.3 is 12.3 Å². The first-order valence-electron chi connectivity index (χ1n) is 7.77. The first kappa shape index (κ1) is 19.0. The third-order valence-electron chi connectivity index (χ3n) is 3.99. The van der Waals surface area contributed by atoms with Crippen molar-refractivity contribution in [3.8, 4) is 5.75 Å². The number of nitrogens with zero attached hydrogens (tertiary/aromatic N) is 1. The molecule has 1 fully saturated rings. The van der Waals surface area contributed by atoms with Crippen LogP contribution in [0.2, 0.25) is 0 Å².